The minimum absolute atomic E-state index is 0.672. The highest BCUT2D eigenvalue weighted by atomic mass is 15.1. The van der Waals surface area contributed by atoms with Crippen LogP contribution in [-0.4, -0.2) is 24.5 Å². The number of nitriles is 1. The minimum atomic E-state index is 0.672. The van der Waals surface area contributed by atoms with Gasteiger partial charge < -0.3 is 5.73 Å². The molecular formula is C12H17N3. The van der Waals surface area contributed by atoms with E-state index in [1.165, 1.54) is 5.56 Å². The van der Waals surface area contributed by atoms with Crippen LogP contribution in [0.25, 0.3) is 0 Å². The molecule has 0 aliphatic heterocycles. The van der Waals surface area contributed by atoms with Crippen molar-refractivity contribution in [3.63, 3.8) is 0 Å². The Bertz CT molecular complexity index is 341. The Kier molecular flexibility index (Phi) is 4.82. The maximum Gasteiger partial charge on any atom is 0.0991 e. The first-order chi connectivity index (χ1) is 7.30. The number of hydrogen-bond donors (Lipinski definition) is 1. The third kappa shape index (κ3) is 3.70. The summed E-state index contributed by atoms with van der Waals surface area (Å²) in [6.07, 6.45) is 0. The fraction of sp³-hybridized carbons (Fsp3) is 0.417. The van der Waals surface area contributed by atoms with E-state index < -0.39 is 0 Å². The van der Waals surface area contributed by atoms with Crippen LogP contribution in [-0.2, 0) is 6.54 Å². The first-order valence-corrected chi connectivity index (χ1v) is 5.21. The van der Waals surface area contributed by atoms with Gasteiger partial charge in [0.1, 0.15) is 0 Å². The summed E-state index contributed by atoms with van der Waals surface area (Å²) in [6.45, 7) is 5.53. The first kappa shape index (κ1) is 11.7. The lowest BCUT2D eigenvalue weighted by Crippen LogP contribution is -2.28. The van der Waals surface area contributed by atoms with Gasteiger partial charge in [-0.25, -0.2) is 0 Å². The van der Waals surface area contributed by atoms with Crippen molar-refractivity contribution in [1.82, 2.24) is 4.90 Å². The molecule has 1 aromatic rings. The predicted octanol–water partition coefficient (Wildman–Crippen LogP) is 1.34. The van der Waals surface area contributed by atoms with E-state index in [-0.39, 0.29) is 0 Å². The van der Waals surface area contributed by atoms with E-state index in [4.69, 9.17) is 11.0 Å². The molecule has 0 amide bonds. The van der Waals surface area contributed by atoms with Gasteiger partial charge in [0.2, 0.25) is 0 Å². The standard InChI is InChI=1S/C12H17N3/c1-2-15(7-6-13)10-12-5-3-4-11(8-12)9-14/h3-5,8H,2,6-7,10,13H2,1H3. The Balaban J connectivity index is 2.66. The topological polar surface area (TPSA) is 53.0 Å². The minimum Gasteiger partial charge on any atom is -0.329 e. The zero-order valence-corrected chi connectivity index (χ0v) is 9.11. The molecule has 0 aliphatic rings. The van der Waals surface area contributed by atoms with Crippen LogP contribution >= 0.6 is 0 Å². The molecule has 3 heteroatoms. The van der Waals surface area contributed by atoms with Crippen LogP contribution in [0.3, 0.4) is 0 Å². The Hall–Kier alpha value is -1.37. The van der Waals surface area contributed by atoms with E-state index in [2.05, 4.69) is 17.9 Å². The van der Waals surface area contributed by atoms with Crippen molar-refractivity contribution >= 4 is 0 Å². The van der Waals surface area contributed by atoms with Gasteiger partial charge >= 0.3 is 0 Å². The van der Waals surface area contributed by atoms with Crippen LogP contribution < -0.4 is 5.73 Å². The summed E-state index contributed by atoms with van der Waals surface area (Å²) in [4.78, 5) is 2.26. The third-order valence-electron chi connectivity index (χ3n) is 2.35. The summed E-state index contributed by atoms with van der Waals surface area (Å²) in [6, 6.07) is 9.86. The van der Waals surface area contributed by atoms with Gasteiger partial charge in [0.15, 0.2) is 0 Å². The molecule has 15 heavy (non-hydrogen) atoms. The Labute approximate surface area is 91.1 Å². The average Bonchev–Trinajstić information content (AvgIpc) is 2.29. The summed E-state index contributed by atoms with van der Waals surface area (Å²) in [5, 5.41) is 8.77. The van der Waals surface area contributed by atoms with E-state index in [1.54, 1.807) is 0 Å². The summed E-state index contributed by atoms with van der Waals surface area (Å²) in [7, 11) is 0. The molecule has 1 rings (SSSR count). The van der Waals surface area contributed by atoms with E-state index in [1.807, 2.05) is 24.3 Å². The van der Waals surface area contributed by atoms with Crippen LogP contribution in [0.15, 0.2) is 24.3 Å². The Morgan fingerprint density at radius 2 is 2.27 bits per heavy atom. The third-order valence-corrected chi connectivity index (χ3v) is 2.35. The van der Waals surface area contributed by atoms with Gasteiger partial charge in [-0.3, -0.25) is 4.90 Å². The van der Waals surface area contributed by atoms with Gasteiger partial charge in [-0.05, 0) is 24.2 Å². The second kappa shape index (κ2) is 6.18. The maximum atomic E-state index is 8.77. The molecule has 0 aliphatic carbocycles. The van der Waals surface area contributed by atoms with Crippen molar-refractivity contribution in [2.45, 2.75) is 13.5 Å². The SMILES string of the molecule is CCN(CCN)Cc1cccc(C#N)c1. The van der Waals surface area contributed by atoms with E-state index in [0.29, 0.717) is 6.54 Å². The molecule has 0 spiro atoms. The fourth-order valence-corrected chi connectivity index (χ4v) is 1.53. The fourth-order valence-electron chi connectivity index (χ4n) is 1.53. The number of nitrogens with two attached hydrogens (primary N) is 1. The number of rotatable bonds is 5. The monoisotopic (exact) mass is 203 g/mol. The highest BCUT2D eigenvalue weighted by molar-refractivity contribution is 5.32. The second-order valence-electron chi connectivity index (χ2n) is 3.47. The summed E-state index contributed by atoms with van der Waals surface area (Å²) >= 11 is 0. The predicted molar refractivity (Wildman–Crippen MR) is 61.2 cm³/mol. The second-order valence-corrected chi connectivity index (χ2v) is 3.47. The molecule has 0 fully saturated rings. The molecule has 2 N–H and O–H groups in total. The smallest absolute Gasteiger partial charge is 0.0991 e. The van der Waals surface area contributed by atoms with Crippen molar-refractivity contribution < 1.29 is 0 Å². The number of hydrogen-bond acceptors (Lipinski definition) is 3. The lowest BCUT2D eigenvalue weighted by molar-refractivity contribution is 0.288. The van der Waals surface area contributed by atoms with Gasteiger partial charge in [-0.2, -0.15) is 5.26 Å². The van der Waals surface area contributed by atoms with Crippen LogP contribution in [0, 0.1) is 11.3 Å². The van der Waals surface area contributed by atoms with E-state index in [0.717, 1.165) is 25.2 Å². The van der Waals surface area contributed by atoms with Crippen LogP contribution in [0.2, 0.25) is 0 Å². The Morgan fingerprint density at radius 3 is 2.87 bits per heavy atom. The molecule has 0 aromatic heterocycles. The average molecular weight is 203 g/mol. The van der Waals surface area contributed by atoms with Crippen LogP contribution in [0.5, 0.6) is 0 Å². The maximum absolute atomic E-state index is 8.77. The van der Waals surface area contributed by atoms with E-state index in [9.17, 15) is 0 Å². The summed E-state index contributed by atoms with van der Waals surface area (Å²) in [5.74, 6) is 0. The van der Waals surface area contributed by atoms with Crippen molar-refractivity contribution in [3.8, 4) is 6.07 Å². The quantitative estimate of drug-likeness (QED) is 0.785. The summed E-state index contributed by atoms with van der Waals surface area (Å²) < 4.78 is 0. The zero-order chi connectivity index (χ0) is 11.1. The molecule has 3 nitrogen and oxygen atoms in total. The molecule has 0 heterocycles. The molecule has 0 saturated heterocycles. The van der Waals surface area contributed by atoms with Crippen molar-refractivity contribution in [2.24, 2.45) is 5.73 Å². The summed E-state index contributed by atoms with van der Waals surface area (Å²) in [5.41, 5.74) is 7.41. The van der Waals surface area contributed by atoms with Crippen molar-refractivity contribution in [2.75, 3.05) is 19.6 Å². The highest BCUT2D eigenvalue weighted by Crippen LogP contribution is 2.07. The number of benzene rings is 1. The van der Waals surface area contributed by atoms with Gasteiger partial charge in [-0.15, -0.1) is 0 Å². The molecule has 80 valence electrons. The van der Waals surface area contributed by atoms with E-state index >= 15 is 0 Å². The Morgan fingerprint density at radius 1 is 1.47 bits per heavy atom. The van der Waals surface area contributed by atoms with Crippen molar-refractivity contribution in [1.29, 1.82) is 5.26 Å². The van der Waals surface area contributed by atoms with Gasteiger partial charge in [0.05, 0.1) is 11.6 Å². The van der Waals surface area contributed by atoms with Gasteiger partial charge in [-0.1, -0.05) is 19.1 Å². The molecular weight excluding hydrogens is 186 g/mol. The number of likely N-dealkylation sites (N-methyl/N-ethyl adjacent to an activating group) is 1. The lowest BCUT2D eigenvalue weighted by atomic mass is 10.1. The van der Waals surface area contributed by atoms with Crippen molar-refractivity contribution in [3.05, 3.63) is 35.4 Å². The zero-order valence-electron chi connectivity index (χ0n) is 9.11. The largest absolute Gasteiger partial charge is 0.329 e. The lowest BCUT2D eigenvalue weighted by Gasteiger charge is -2.19. The molecule has 0 saturated carbocycles. The molecule has 0 atom stereocenters. The number of nitrogens with zero attached hydrogens (tertiary/aromatic N) is 2. The molecule has 0 bridgehead atoms. The molecule has 0 radical (unpaired) electrons. The van der Waals surface area contributed by atoms with Crippen LogP contribution in [0.4, 0.5) is 0 Å². The van der Waals surface area contributed by atoms with Gasteiger partial charge in [0.25, 0.3) is 0 Å². The molecule has 1 aromatic carbocycles. The molecule has 0 unspecified atom stereocenters. The van der Waals surface area contributed by atoms with Gasteiger partial charge in [0, 0.05) is 19.6 Å². The highest BCUT2D eigenvalue weighted by Gasteiger charge is 2.02. The van der Waals surface area contributed by atoms with Crippen LogP contribution in [0.1, 0.15) is 18.1 Å². The normalized spacial score (nSPS) is 10.3. The first-order valence-electron chi connectivity index (χ1n) is 5.21.